The van der Waals surface area contributed by atoms with Crippen molar-refractivity contribution in [3.05, 3.63) is 59.9 Å². The highest BCUT2D eigenvalue weighted by Gasteiger charge is 2.35. The fourth-order valence-corrected chi connectivity index (χ4v) is 5.78. The van der Waals surface area contributed by atoms with Crippen LogP contribution < -0.4 is 19.2 Å². The van der Waals surface area contributed by atoms with Crippen molar-refractivity contribution in [1.82, 2.24) is 15.0 Å². The van der Waals surface area contributed by atoms with E-state index in [1.807, 2.05) is 0 Å². The van der Waals surface area contributed by atoms with Crippen LogP contribution in [-0.4, -0.2) is 57.4 Å². The van der Waals surface area contributed by atoms with Crippen molar-refractivity contribution in [3.63, 3.8) is 0 Å². The summed E-state index contributed by atoms with van der Waals surface area (Å²) in [6.07, 6.45) is -1.23. The van der Waals surface area contributed by atoms with Gasteiger partial charge in [0.2, 0.25) is 26.0 Å². The van der Waals surface area contributed by atoms with E-state index >= 15 is 0 Å². The molecule has 0 radical (unpaired) electrons. The number of anilines is 5. The molecule has 1 aromatic carbocycles. The lowest BCUT2D eigenvalue weighted by Crippen LogP contribution is -2.27. The van der Waals surface area contributed by atoms with Crippen molar-refractivity contribution in [3.8, 4) is 0 Å². The van der Waals surface area contributed by atoms with Crippen LogP contribution in [0, 0.1) is 0 Å². The number of benzene rings is 1. The van der Waals surface area contributed by atoms with Gasteiger partial charge in [-0.1, -0.05) is 6.07 Å². The van der Waals surface area contributed by atoms with E-state index in [-0.39, 0.29) is 24.1 Å². The number of sulfonamides is 2. The summed E-state index contributed by atoms with van der Waals surface area (Å²) in [7, 11) is -5.72. The minimum atomic E-state index is -4.76. The van der Waals surface area contributed by atoms with Gasteiger partial charge in [-0.25, -0.2) is 26.8 Å². The van der Waals surface area contributed by atoms with E-state index in [9.17, 15) is 30.0 Å². The second kappa shape index (κ2) is 10.2. The molecule has 0 spiro atoms. The molecule has 11 nitrogen and oxygen atoms in total. The van der Waals surface area contributed by atoms with Crippen molar-refractivity contribution in [2.75, 3.05) is 44.8 Å². The largest absolute Gasteiger partial charge is 0.421 e. The van der Waals surface area contributed by atoms with Gasteiger partial charge in [0, 0.05) is 43.8 Å². The molecule has 3 heterocycles. The minimum Gasteiger partial charge on any atom is -0.365 e. The van der Waals surface area contributed by atoms with Crippen LogP contribution in [-0.2, 0) is 32.8 Å². The zero-order valence-corrected chi connectivity index (χ0v) is 21.9. The highest BCUT2D eigenvalue weighted by atomic mass is 32.2. The summed E-state index contributed by atoms with van der Waals surface area (Å²) in [5.74, 6) is -0.523. The topological polar surface area (TPSA) is 137 Å². The number of pyridine rings is 1. The van der Waals surface area contributed by atoms with Crippen molar-refractivity contribution < 1.29 is 30.0 Å². The molecule has 0 atom stereocenters. The normalized spacial score (nSPS) is 15.3. The summed E-state index contributed by atoms with van der Waals surface area (Å²) >= 11 is 0. The van der Waals surface area contributed by atoms with Gasteiger partial charge in [-0.05, 0) is 36.8 Å². The Kier molecular flexibility index (Phi) is 7.38. The number of aromatic nitrogens is 3. The van der Waals surface area contributed by atoms with E-state index in [2.05, 4.69) is 25.6 Å². The maximum atomic E-state index is 13.7. The summed E-state index contributed by atoms with van der Waals surface area (Å²) in [6, 6.07) is 9.37. The first-order chi connectivity index (χ1) is 17.8. The second-order valence-electron chi connectivity index (χ2n) is 8.44. The van der Waals surface area contributed by atoms with Gasteiger partial charge in [-0.15, -0.1) is 0 Å². The van der Waals surface area contributed by atoms with Crippen LogP contribution in [0.2, 0.25) is 0 Å². The molecule has 2 aromatic heterocycles. The first-order valence-electron chi connectivity index (χ1n) is 11.2. The van der Waals surface area contributed by atoms with Gasteiger partial charge in [-0.2, -0.15) is 18.2 Å². The van der Waals surface area contributed by atoms with E-state index in [0.29, 0.717) is 36.1 Å². The molecule has 0 aliphatic carbocycles. The minimum absolute atomic E-state index is 0.0589. The number of rotatable bonds is 8. The number of hydrogen-bond donors (Lipinski definition) is 2. The first-order valence-corrected chi connectivity index (χ1v) is 14.6. The lowest BCUT2D eigenvalue weighted by Gasteiger charge is -2.20. The first kappa shape index (κ1) is 27.4. The molecule has 1 fully saturated rings. The molecule has 0 saturated carbocycles. The molecule has 1 saturated heterocycles. The van der Waals surface area contributed by atoms with E-state index in [1.54, 1.807) is 24.3 Å². The molecular weight excluding hydrogens is 547 g/mol. The number of hydrogen-bond acceptors (Lipinski definition) is 9. The van der Waals surface area contributed by atoms with Crippen LogP contribution in [0.25, 0.3) is 0 Å². The summed E-state index contributed by atoms with van der Waals surface area (Å²) in [5.41, 5.74) is 0.129. The Balaban J connectivity index is 1.57. The van der Waals surface area contributed by atoms with E-state index < -0.39 is 37.6 Å². The third-order valence-corrected chi connectivity index (χ3v) is 8.75. The monoisotopic (exact) mass is 571 g/mol. The molecule has 38 heavy (non-hydrogen) atoms. The lowest BCUT2D eigenvalue weighted by atomic mass is 10.2. The smallest absolute Gasteiger partial charge is 0.365 e. The van der Waals surface area contributed by atoms with Crippen molar-refractivity contribution in [2.45, 2.75) is 19.1 Å². The molecule has 1 aliphatic rings. The Bertz CT molecular complexity index is 1530. The third kappa shape index (κ3) is 6.07. The summed E-state index contributed by atoms with van der Waals surface area (Å²) in [5, 5.41) is 5.43. The van der Waals surface area contributed by atoms with Crippen molar-refractivity contribution >= 4 is 49.0 Å². The molecule has 2 N–H and O–H groups in total. The summed E-state index contributed by atoms with van der Waals surface area (Å²) in [4.78, 5) is 11.8. The number of nitrogens with zero attached hydrogens (tertiary/aromatic N) is 5. The molecule has 1 aliphatic heterocycles. The lowest BCUT2D eigenvalue weighted by molar-refractivity contribution is -0.137. The Morgan fingerprint density at radius 1 is 1.13 bits per heavy atom. The van der Waals surface area contributed by atoms with Gasteiger partial charge in [0.05, 0.1) is 17.7 Å². The summed E-state index contributed by atoms with van der Waals surface area (Å²) < 4.78 is 91.3. The number of halogens is 3. The van der Waals surface area contributed by atoms with E-state index in [1.165, 1.54) is 29.7 Å². The highest BCUT2D eigenvalue weighted by Crippen LogP contribution is 2.35. The average molecular weight is 572 g/mol. The Morgan fingerprint density at radius 2 is 1.84 bits per heavy atom. The standard InChI is InChI=1S/C22H24F3N7O4S2/c1-31(37(2,33)34)20-15(5-3-10-26-20)13-27-19-18(22(23,24)25)14-28-21(30-19)29-16-6-8-17(9-7-16)32-11-4-12-38(32,35)36/h3,5-10,14H,4,11-13H2,1-2H3,(H2,27,28,29,30). The predicted octanol–water partition coefficient (Wildman–Crippen LogP) is 3.18. The molecule has 204 valence electrons. The Labute approximate surface area is 217 Å². The van der Waals surface area contributed by atoms with Crippen LogP contribution >= 0.6 is 0 Å². The maximum absolute atomic E-state index is 13.7. The Hall–Kier alpha value is -3.66. The average Bonchev–Trinajstić information content (AvgIpc) is 3.20. The van der Waals surface area contributed by atoms with Gasteiger partial charge in [0.1, 0.15) is 17.2 Å². The van der Waals surface area contributed by atoms with Gasteiger partial charge < -0.3 is 10.6 Å². The molecule has 0 amide bonds. The molecule has 3 aromatic rings. The third-order valence-electron chi connectivity index (χ3n) is 5.71. The SMILES string of the molecule is CN(c1ncccc1CNc1nc(Nc2ccc(N3CCCS3(=O)=O)cc2)ncc1C(F)(F)F)S(C)(=O)=O. The van der Waals surface area contributed by atoms with E-state index in [0.717, 1.165) is 10.6 Å². The molecule has 4 rings (SSSR count). The second-order valence-corrected chi connectivity index (χ2v) is 12.5. The van der Waals surface area contributed by atoms with Crippen LogP contribution in [0.4, 0.5) is 42.1 Å². The highest BCUT2D eigenvalue weighted by molar-refractivity contribution is 7.93. The Morgan fingerprint density at radius 3 is 2.45 bits per heavy atom. The van der Waals surface area contributed by atoms with Gasteiger partial charge >= 0.3 is 6.18 Å². The van der Waals surface area contributed by atoms with Crippen molar-refractivity contribution in [2.24, 2.45) is 0 Å². The number of nitrogens with one attached hydrogen (secondary N) is 2. The van der Waals surface area contributed by atoms with Gasteiger partial charge in [0.15, 0.2) is 0 Å². The fraction of sp³-hybridized carbons (Fsp3) is 0.318. The predicted molar refractivity (Wildman–Crippen MR) is 137 cm³/mol. The molecular formula is C22H24F3N7O4S2. The van der Waals surface area contributed by atoms with Gasteiger partial charge in [-0.3, -0.25) is 8.61 Å². The van der Waals surface area contributed by atoms with Crippen LogP contribution in [0.5, 0.6) is 0 Å². The van der Waals surface area contributed by atoms with Crippen molar-refractivity contribution in [1.29, 1.82) is 0 Å². The molecule has 0 unspecified atom stereocenters. The van der Waals surface area contributed by atoms with Crippen LogP contribution in [0.3, 0.4) is 0 Å². The zero-order valence-electron chi connectivity index (χ0n) is 20.3. The maximum Gasteiger partial charge on any atom is 0.421 e. The zero-order chi connectivity index (χ0) is 27.7. The number of alkyl halides is 3. The summed E-state index contributed by atoms with van der Waals surface area (Å²) in [6.45, 7) is 0.173. The molecule has 0 bridgehead atoms. The fourth-order valence-electron chi connectivity index (χ4n) is 3.74. The quantitative estimate of drug-likeness (QED) is 0.418. The van der Waals surface area contributed by atoms with Crippen LogP contribution in [0.1, 0.15) is 17.5 Å². The molecule has 16 heteroatoms. The van der Waals surface area contributed by atoms with Gasteiger partial charge in [0.25, 0.3) is 0 Å². The van der Waals surface area contributed by atoms with E-state index in [4.69, 9.17) is 0 Å². The van der Waals surface area contributed by atoms with Crippen LogP contribution in [0.15, 0.2) is 48.8 Å².